The highest BCUT2D eigenvalue weighted by Crippen LogP contribution is 2.55. The molecule has 7 heteroatoms. The van der Waals surface area contributed by atoms with Gasteiger partial charge >= 0.3 is 0 Å². The van der Waals surface area contributed by atoms with Crippen molar-refractivity contribution < 1.29 is 14.4 Å². The highest BCUT2D eigenvalue weighted by Gasteiger charge is 2.47. The maximum absolute atomic E-state index is 12.3. The Morgan fingerprint density at radius 1 is 1.06 bits per heavy atom. The molecule has 4 N–H and O–H groups in total. The van der Waals surface area contributed by atoms with Crippen LogP contribution in [0.5, 0.6) is 0 Å². The van der Waals surface area contributed by atoms with E-state index in [0.29, 0.717) is 24.9 Å². The van der Waals surface area contributed by atoms with E-state index in [9.17, 15) is 14.4 Å². The number of rotatable bonds is 11. The summed E-state index contributed by atoms with van der Waals surface area (Å²) in [7, 11) is 0. The number of piperidine rings is 1. The number of hydrogen-bond acceptors (Lipinski definition) is 5. The van der Waals surface area contributed by atoms with Gasteiger partial charge in [0.25, 0.3) is 0 Å². The van der Waals surface area contributed by atoms with Gasteiger partial charge in [-0.2, -0.15) is 0 Å². The van der Waals surface area contributed by atoms with Crippen molar-refractivity contribution in [3.8, 4) is 0 Å². The fourth-order valence-corrected chi connectivity index (χ4v) is 5.23. The number of carbonyl (C=O) groups excluding carboxylic acids is 3. The van der Waals surface area contributed by atoms with Gasteiger partial charge in [-0.1, -0.05) is 25.3 Å². The zero-order valence-corrected chi connectivity index (χ0v) is 18.9. The third-order valence-corrected chi connectivity index (χ3v) is 7.26. The van der Waals surface area contributed by atoms with Crippen molar-refractivity contribution in [2.75, 3.05) is 17.2 Å². The third-order valence-electron chi connectivity index (χ3n) is 7.26. The second-order valence-corrected chi connectivity index (χ2v) is 9.85. The second kappa shape index (κ2) is 10.5. The van der Waals surface area contributed by atoms with Gasteiger partial charge in [0.2, 0.25) is 17.7 Å². The standard InChI is InChI=1S/C25H36N4O3/c30-22(9-3-1-2-4-14-26-20-16-25(17-20)12-6-13-25)28-19-8-5-7-18(15-19)27-21-10-11-23(31)29-24(21)32/h5,7-8,15,20-21,26-27H,1-4,6,9-14,16-17H2,(H,28,30)(H,29,31,32). The van der Waals surface area contributed by atoms with Crippen LogP contribution in [0.2, 0.25) is 0 Å². The predicted molar refractivity (Wildman–Crippen MR) is 125 cm³/mol. The van der Waals surface area contributed by atoms with E-state index in [0.717, 1.165) is 43.0 Å². The molecule has 1 aromatic carbocycles. The summed E-state index contributed by atoms with van der Waals surface area (Å²) >= 11 is 0. The summed E-state index contributed by atoms with van der Waals surface area (Å²) in [4.78, 5) is 35.5. The Kier molecular flexibility index (Phi) is 7.45. The van der Waals surface area contributed by atoms with Crippen LogP contribution in [0.25, 0.3) is 0 Å². The minimum Gasteiger partial charge on any atom is -0.374 e. The molecule has 1 spiro atoms. The molecule has 3 aliphatic rings. The zero-order chi connectivity index (χ0) is 22.4. The first-order valence-electron chi connectivity index (χ1n) is 12.2. The highest BCUT2D eigenvalue weighted by molar-refractivity contribution is 6.01. The molecule has 174 valence electrons. The van der Waals surface area contributed by atoms with Crippen LogP contribution in [0.4, 0.5) is 11.4 Å². The highest BCUT2D eigenvalue weighted by atomic mass is 16.2. The van der Waals surface area contributed by atoms with Crippen LogP contribution in [0.15, 0.2) is 24.3 Å². The molecule has 1 aromatic rings. The van der Waals surface area contributed by atoms with Crippen LogP contribution in [0.3, 0.4) is 0 Å². The first-order chi connectivity index (χ1) is 15.5. The number of carbonyl (C=O) groups is 3. The van der Waals surface area contributed by atoms with Crippen molar-refractivity contribution in [1.82, 2.24) is 10.6 Å². The number of benzene rings is 1. The Labute approximate surface area is 190 Å². The first kappa shape index (κ1) is 22.8. The van der Waals surface area contributed by atoms with Crippen molar-refractivity contribution in [1.29, 1.82) is 0 Å². The molecule has 1 heterocycles. The lowest BCUT2D eigenvalue weighted by molar-refractivity contribution is -0.133. The first-order valence-corrected chi connectivity index (χ1v) is 12.2. The summed E-state index contributed by atoms with van der Waals surface area (Å²) in [6.45, 7) is 1.10. The van der Waals surface area contributed by atoms with Gasteiger partial charge in [0.05, 0.1) is 0 Å². The minimum atomic E-state index is -0.434. The molecule has 3 amide bonds. The molecule has 0 bridgehead atoms. The van der Waals surface area contributed by atoms with Gasteiger partial charge in [-0.3, -0.25) is 19.7 Å². The normalized spacial score (nSPS) is 22.1. The lowest BCUT2D eigenvalue weighted by Crippen LogP contribution is -2.52. The molecule has 4 rings (SSSR count). The van der Waals surface area contributed by atoms with Crippen LogP contribution in [0, 0.1) is 5.41 Å². The third kappa shape index (κ3) is 6.09. The number of unbranched alkanes of at least 4 members (excludes halogenated alkanes) is 3. The molecule has 32 heavy (non-hydrogen) atoms. The predicted octanol–water partition coefficient (Wildman–Crippen LogP) is 3.72. The minimum absolute atomic E-state index is 0.0153. The Bertz CT molecular complexity index is 828. The quantitative estimate of drug-likeness (QED) is 0.311. The molecular formula is C25H36N4O3. The van der Waals surface area contributed by atoms with Gasteiger partial charge in [0.1, 0.15) is 6.04 Å². The maximum atomic E-state index is 12.3. The Morgan fingerprint density at radius 2 is 1.84 bits per heavy atom. The molecule has 0 aromatic heterocycles. The van der Waals surface area contributed by atoms with Crippen LogP contribution >= 0.6 is 0 Å². The summed E-state index contributed by atoms with van der Waals surface area (Å²) in [6, 6.07) is 7.67. The molecule has 1 unspecified atom stereocenters. The van der Waals surface area contributed by atoms with Crippen LogP contribution in [-0.4, -0.2) is 36.3 Å². The van der Waals surface area contributed by atoms with Crippen LogP contribution in [-0.2, 0) is 14.4 Å². The SMILES string of the molecule is O=C1CCC(Nc2cccc(NC(=O)CCCCCCNC3CC4(CCC4)C3)c2)C(=O)N1. The summed E-state index contributed by atoms with van der Waals surface area (Å²) < 4.78 is 0. The molecule has 2 saturated carbocycles. The van der Waals surface area contributed by atoms with E-state index in [1.165, 1.54) is 38.5 Å². The summed E-state index contributed by atoms with van der Waals surface area (Å²) in [5, 5.41) is 12.1. The molecular weight excluding hydrogens is 404 g/mol. The summed E-state index contributed by atoms with van der Waals surface area (Å²) in [5.41, 5.74) is 2.20. The van der Waals surface area contributed by atoms with Crippen LogP contribution < -0.4 is 21.3 Å². The Hall–Kier alpha value is -2.41. The van der Waals surface area contributed by atoms with Crippen LogP contribution in [0.1, 0.15) is 77.0 Å². The molecule has 1 saturated heterocycles. The van der Waals surface area contributed by atoms with Crippen molar-refractivity contribution >= 4 is 29.1 Å². The number of imide groups is 1. The van der Waals surface area contributed by atoms with Gasteiger partial charge < -0.3 is 16.0 Å². The van der Waals surface area contributed by atoms with E-state index in [1.807, 2.05) is 24.3 Å². The van der Waals surface area contributed by atoms with Crippen molar-refractivity contribution in [3.63, 3.8) is 0 Å². The van der Waals surface area contributed by atoms with Crippen molar-refractivity contribution in [3.05, 3.63) is 24.3 Å². The summed E-state index contributed by atoms with van der Waals surface area (Å²) in [6.07, 6.45) is 12.7. The lowest BCUT2D eigenvalue weighted by Gasteiger charge is -2.54. The second-order valence-electron chi connectivity index (χ2n) is 9.85. The molecule has 2 aliphatic carbocycles. The molecule has 0 radical (unpaired) electrons. The Balaban J connectivity index is 1.07. The van der Waals surface area contributed by atoms with E-state index in [4.69, 9.17) is 0 Å². The van der Waals surface area contributed by atoms with Gasteiger partial charge in [-0.15, -0.1) is 0 Å². The molecule has 1 aliphatic heterocycles. The Morgan fingerprint density at radius 3 is 2.59 bits per heavy atom. The average molecular weight is 441 g/mol. The van der Waals surface area contributed by atoms with Crippen molar-refractivity contribution in [2.24, 2.45) is 5.41 Å². The fraction of sp³-hybridized carbons (Fsp3) is 0.640. The van der Waals surface area contributed by atoms with Crippen molar-refractivity contribution in [2.45, 2.75) is 89.1 Å². The molecule has 7 nitrogen and oxygen atoms in total. The maximum Gasteiger partial charge on any atom is 0.249 e. The van der Waals surface area contributed by atoms with E-state index in [-0.39, 0.29) is 17.7 Å². The molecule has 1 atom stereocenters. The topological polar surface area (TPSA) is 99.3 Å². The number of amides is 3. The van der Waals surface area contributed by atoms with Gasteiger partial charge in [-0.25, -0.2) is 0 Å². The number of nitrogens with one attached hydrogen (secondary N) is 4. The number of hydrogen-bond donors (Lipinski definition) is 4. The molecule has 3 fully saturated rings. The van der Waals surface area contributed by atoms with E-state index >= 15 is 0 Å². The average Bonchev–Trinajstić information content (AvgIpc) is 2.69. The van der Waals surface area contributed by atoms with Gasteiger partial charge in [0, 0.05) is 30.3 Å². The van der Waals surface area contributed by atoms with E-state index in [2.05, 4.69) is 21.3 Å². The van der Waals surface area contributed by atoms with E-state index < -0.39 is 6.04 Å². The summed E-state index contributed by atoms with van der Waals surface area (Å²) in [5.74, 6) is -0.520. The lowest BCUT2D eigenvalue weighted by atomic mass is 9.54. The largest absolute Gasteiger partial charge is 0.374 e. The van der Waals surface area contributed by atoms with E-state index in [1.54, 1.807) is 0 Å². The zero-order valence-electron chi connectivity index (χ0n) is 18.9. The number of anilines is 2. The van der Waals surface area contributed by atoms with Gasteiger partial charge in [-0.05, 0) is 75.1 Å². The van der Waals surface area contributed by atoms with Gasteiger partial charge in [0.15, 0.2) is 0 Å². The smallest absolute Gasteiger partial charge is 0.249 e. The monoisotopic (exact) mass is 440 g/mol. The fourth-order valence-electron chi connectivity index (χ4n) is 5.23.